The molecular weight excluding hydrogens is 516 g/mol. The zero-order valence-corrected chi connectivity index (χ0v) is 20.1. The van der Waals surface area contributed by atoms with Crippen molar-refractivity contribution in [3.63, 3.8) is 0 Å². The molecule has 0 aliphatic carbocycles. The van der Waals surface area contributed by atoms with Gasteiger partial charge in [0.2, 0.25) is 11.7 Å². The molecule has 1 amide bonds. The third kappa shape index (κ3) is 13.8. The second kappa shape index (κ2) is 16.0. The lowest BCUT2D eigenvalue weighted by molar-refractivity contribution is -0.771. The number of Topliss-reactive ketones (excluding diaryl/α,β-unsaturated/α-hetero) is 1. The number of rotatable bonds is 19. The Labute approximate surface area is 207 Å². The van der Waals surface area contributed by atoms with Crippen LogP contribution >= 0.6 is 11.8 Å². The maximum absolute atomic E-state index is 12.0. The minimum atomic E-state index is -1.54. The first-order chi connectivity index (χ1) is 16.7. The quantitative estimate of drug-likeness (QED) is 0.0696. The highest BCUT2D eigenvalue weighted by Gasteiger charge is 2.31. The lowest BCUT2D eigenvalue weighted by Gasteiger charge is -2.26. The number of nitrogens with zero attached hydrogens (tertiary/aromatic N) is 2. The van der Waals surface area contributed by atoms with Gasteiger partial charge in [-0.3, -0.25) is 14.4 Å². The number of carbonyl (C=O) groups is 5. The fraction of sp³-hybridized carbons (Fsp3) is 0.706. The molecule has 204 valence electrons. The number of esters is 2. The zero-order chi connectivity index (χ0) is 27.9. The van der Waals surface area contributed by atoms with Gasteiger partial charge in [-0.05, 0) is 6.42 Å². The summed E-state index contributed by atoms with van der Waals surface area (Å²) >= 11 is 0.762. The number of aliphatic carboxylic acids is 1. The first-order valence-corrected chi connectivity index (χ1v) is 11.0. The van der Waals surface area contributed by atoms with Crippen molar-refractivity contribution >= 4 is 41.4 Å². The fourth-order valence-corrected chi connectivity index (χ4v) is 3.05. The van der Waals surface area contributed by atoms with E-state index in [1.807, 2.05) is 0 Å². The van der Waals surface area contributed by atoms with Crippen molar-refractivity contribution in [2.75, 3.05) is 38.4 Å². The van der Waals surface area contributed by atoms with Crippen LogP contribution in [0.15, 0.2) is 0 Å². The van der Waals surface area contributed by atoms with E-state index in [2.05, 4.69) is 19.7 Å². The molecule has 2 atom stereocenters. The molecule has 0 saturated heterocycles. The van der Waals surface area contributed by atoms with Gasteiger partial charge in [-0.15, -0.1) is 20.2 Å². The number of nitrogens with two attached hydrogens (primary N) is 1. The standard InChI is InChI=1S/C17H26N4O14S/c1-17(8-34-20(28)29,9-35-21(30)31)7-33-16(27)12(22)6-36-5-11(15(26)32-2)19-13(23)4-3-10(18)14(24)25/h10-11H,3-9,18H2,1-2H3,(H,19,23)(H,24,25)/t10-,11-/m0/s1. The third-order valence-corrected chi connectivity index (χ3v) is 5.19. The summed E-state index contributed by atoms with van der Waals surface area (Å²) in [5, 5.41) is 29.5. The van der Waals surface area contributed by atoms with Crippen LogP contribution in [0, 0.1) is 25.6 Å². The smallest absolute Gasteiger partial charge is 0.375 e. The Kier molecular flexibility index (Phi) is 14.4. The highest BCUT2D eigenvalue weighted by atomic mass is 32.2. The number of carbonyl (C=O) groups excluding carboxylic acids is 4. The molecule has 0 unspecified atom stereocenters. The topological polar surface area (TPSA) is 267 Å². The first-order valence-electron chi connectivity index (χ1n) is 9.88. The Hall–Kier alpha value is -3.74. The Bertz CT molecular complexity index is 820. The molecule has 0 rings (SSSR count). The minimum Gasteiger partial charge on any atom is -0.480 e. The maximum atomic E-state index is 12.0. The summed E-state index contributed by atoms with van der Waals surface area (Å²) in [4.78, 5) is 87.6. The van der Waals surface area contributed by atoms with E-state index >= 15 is 0 Å². The predicted octanol–water partition coefficient (Wildman–Crippen LogP) is -1.90. The van der Waals surface area contributed by atoms with Crippen LogP contribution in [0.2, 0.25) is 0 Å². The summed E-state index contributed by atoms with van der Waals surface area (Å²) in [6, 6.07) is -2.50. The lowest BCUT2D eigenvalue weighted by atomic mass is 9.94. The van der Waals surface area contributed by atoms with Gasteiger partial charge in [0.1, 0.15) is 31.9 Å². The van der Waals surface area contributed by atoms with E-state index in [4.69, 9.17) is 15.6 Å². The van der Waals surface area contributed by atoms with E-state index in [0.717, 1.165) is 18.9 Å². The summed E-state index contributed by atoms with van der Waals surface area (Å²) in [6.07, 6.45) is -0.485. The third-order valence-electron chi connectivity index (χ3n) is 4.15. The molecule has 0 aromatic rings. The van der Waals surface area contributed by atoms with Gasteiger partial charge in [0.15, 0.2) is 0 Å². The molecule has 18 nitrogen and oxygen atoms in total. The van der Waals surface area contributed by atoms with Crippen LogP contribution in [0.3, 0.4) is 0 Å². The summed E-state index contributed by atoms with van der Waals surface area (Å²) in [6.45, 7) is -0.938. The largest absolute Gasteiger partial charge is 0.480 e. The van der Waals surface area contributed by atoms with Gasteiger partial charge < -0.3 is 35.3 Å². The number of amides is 1. The van der Waals surface area contributed by atoms with Gasteiger partial charge >= 0.3 is 17.9 Å². The summed E-state index contributed by atoms with van der Waals surface area (Å²) < 4.78 is 9.33. The van der Waals surface area contributed by atoms with E-state index in [0.29, 0.717) is 0 Å². The molecule has 0 fully saturated rings. The Morgan fingerprint density at radius 2 is 1.64 bits per heavy atom. The van der Waals surface area contributed by atoms with Crippen LogP contribution in [0.5, 0.6) is 0 Å². The van der Waals surface area contributed by atoms with E-state index in [1.165, 1.54) is 6.92 Å². The summed E-state index contributed by atoms with van der Waals surface area (Å²) in [5.74, 6) is -5.99. The van der Waals surface area contributed by atoms with Gasteiger partial charge in [-0.25, -0.2) is 9.59 Å². The number of ketones is 1. The fourth-order valence-electron chi connectivity index (χ4n) is 2.18. The first kappa shape index (κ1) is 32.3. The molecule has 36 heavy (non-hydrogen) atoms. The molecule has 0 heterocycles. The molecule has 0 radical (unpaired) electrons. The molecule has 19 heteroatoms. The van der Waals surface area contributed by atoms with Crippen molar-refractivity contribution in [2.45, 2.75) is 31.8 Å². The second-order valence-corrected chi connectivity index (χ2v) is 8.48. The molecular formula is C17H26N4O14S. The number of nitrogens with one attached hydrogen (secondary N) is 1. The van der Waals surface area contributed by atoms with Crippen molar-refractivity contribution in [3.8, 4) is 0 Å². The monoisotopic (exact) mass is 542 g/mol. The maximum Gasteiger partial charge on any atom is 0.375 e. The van der Waals surface area contributed by atoms with E-state index < -0.39 is 82.8 Å². The number of carboxylic acid groups (broad SMARTS) is 1. The molecule has 4 N–H and O–H groups in total. The molecule has 0 aliphatic rings. The molecule has 0 bridgehead atoms. The number of methoxy groups -OCH3 is 1. The molecule has 0 spiro atoms. The van der Waals surface area contributed by atoms with Gasteiger partial charge in [0.25, 0.3) is 10.2 Å². The SMILES string of the molecule is COC(=O)[C@H](CSCC(=O)C(=O)OCC(C)(CO[N+](=O)[O-])CO[N+](=O)[O-])NC(=O)CC[C@H](N)C(=O)O. The highest BCUT2D eigenvalue weighted by molar-refractivity contribution is 8.00. The molecule has 0 aromatic carbocycles. The van der Waals surface area contributed by atoms with Gasteiger partial charge in [-0.1, -0.05) is 6.92 Å². The average Bonchev–Trinajstić information content (AvgIpc) is 2.81. The van der Waals surface area contributed by atoms with E-state index in [-0.39, 0.29) is 18.6 Å². The van der Waals surface area contributed by atoms with Crippen LogP contribution in [-0.2, 0) is 43.1 Å². The minimum absolute atomic E-state index is 0.190. The molecule has 0 aliphatic heterocycles. The average molecular weight is 542 g/mol. The van der Waals surface area contributed by atoms with Crippen LogP contribution in [-0.4, -0.2) is 95.4 Å². The number of hydrogen-bond acceptors (Lipinski definition) is 15. The lowest BCUT2D eigenvalue weighted by Crippen LogP contribution is -2.44. The van der Waals surface area contributed by atoms with E-state index in [9.17, 15) is 44.2 Å². The number of hydrogen-bond donors (Lipinski definition) is 3. The van der Waals surface area contributed by atoms with Crippen LogP contribution in [0.4, 0.5) is 0 Å². The van der Waals surface area contributed by atoms with Crippen LogP contribution in [0.1, 0.15) is 19.8 Å². The number of thioether (sulfide) groups is 1. The van der Waals surface area contributed by atoms with Crippen LogP contribution < -0.4 is 11.1 Å². The molecule has 0 aromatic heterocycles. The van der Waals surface area contributed by atoms with Crippen molar-refractivity contribution in [1.82, 2.24) is 5.32 Å². The highest BCUT2D eigenvalue weighted by Crippen LogP contribution is 2.19. The Balaban J connectivity index is 4.78. The van der Waals surface area contributed by atoms with Crippen LogP contribution in [0.25, 0.3) is 0 Å². The Morgan fingerprint density at radius 3 is 2.11 bits per heavy atom. The Morgan fingerprint density at radius 1 is 1.08 bits per heavy atom. The van der Waals surface area contributed by atoms with Crippen molar-refractivity contribution in [1.29, 1.82) is 0 Å². The zero-order valence-electron chi connectivity index (χ0n) is 19.2. The number of carboxylic acids is 1. The van der Waals surface area contributed by atoms with Crippen molar-refractivity contribution in [3.05, 3.63) is 20.2 Å². The van der Waals surface area contributed by atoms with E-state index in [1.54, 1.807) is 0 Å². The predicted molar refractivity (Wildman–Crippen MR) is 116 cm³/mol. The second-order valence-electron chi connectivity index (χ2n) is 7.45. The van der Waals surface area contributed by atoms with Crippen molar-refractivity contribution in [2.24, 2.45) is 11.1 Å². The van der Waals surface area contributed by atoms with Gasteiger partial charge in [-0.2, -0.15) is 11.8 Å². The van der Waals surface area contributed by atoms with Gasteiger partial charge in [0.05, 0.1) is 12.9 Å². The number of ether oxygens (including phenoxy) is 2. The molecule has 0 saturated carbocycles. The normalized spacial score (nSPS) is 12.4. The van der Waals surface area contributed by atoms with Crippen molar-refractivity contribution < 1.29 is 58.4 Å². The summed E-state index contributed by atoms with van der Waals surface area (Å²) in [7, 11) is 1.05. The summed E-state index contributed by atoms with van der Waals surface area (Å²) in [5.41, 5.74) is 3.77. The van der Waals surface area contributed by atoms with Gasteiger partial charge in [0, 0.05) is 17.6 Å².